The lowest BCUT2D eigenvalue weighted by Gasteiger charge is -2.32. The molecule has 5 heterocycles. The minimum absolute atomic E-state index is 0.00468. The van der Waals surface area contributed by atoms with Crippen LogP contribution in [0.2, 0.25) is 0 Å². The third kappa shape index (κ3) is 5.94. The molecule has 6 rings (SSSR count). The van der Waals surface area contributed by atoms with Crippen LogP contribution < -0.4 is 20.7 Å². The molecule has 3 N–H and O–H groups in total. The molecule has 2 amide bonds. The molecule has 10 nitrogen and oxygen atoms in total. The summed E-state index contributed by atoms with van der Waals surface area (Å²) in [7, 11) is 3.41. The van der Waals surface area contributed by atoms with E-state index in [1.807, 2.05) is 44.5 Å². The molecule has 0 radical (unpaired) electrons. The summed E-state index contributed by atoms with van der Waals surface area (Å²) in [6.45, 7) is 6.90. The Morgan fingerprint density at radius 2 is 1.87 bits per heavy atom. The molecule has 246 valence electrons. The Kier molecular flexibility index (Phi) is 8.51. The maximum absolute atomic E-state index is 14.5. The number of ether oxygens (including phenoxy) is 1. The van der Waals surface area contributed by atoms with Gasteiger partial charge in [0, 0.05) is 49.5 Å². The normalized spacial score (nSPS) is 22.0. The molecule has 0 saturated carbocycles. The van der Waals surface area contributed by atoms with Crippen molar-refractivity contribution < 1.29 is 23.1 Å². The van der Waals surface area contributed by atoms with Crippen molar-refractivity contribution in [2.24, 2.45) is 12.5 Å². The fourth-order valence-corrected chi connectivity index (χ4v) is 6.61. The summed E-state index contributed by atoms with van der Waals surface area (Å²) in [5.74, 6) is -2.49. The van der Waals surface area contributed by atoms with E-state index in [1.165, 1.54) is 7.11 Å². The van der Waals surface area contributed by atoms with E-state index in [-0.39, 0.29) is 37.0 Å². The van der Waals surface area contributed by atoms with E-state index >= 15 is 0 Å². The molecule has 0 unspecified atom stereocenters. The standard InChI is InChI=1S/C34H43F2N7O3/c1-20-23-11-10-21-17-25(43(29(21)39-23)15-9-7-6-8-12-33(2,3)32(45)38-20)30-40-24-16-22(18-26(46-5)28(24)42(30)4)31(44)41-27-19-37-14-13-34(27,35)36/h10-11,16-18,20,27,37H,6-9,12-15,19H2,1-5H3,(H,38,45)(H,41,44)/t20-,27+/m1/s1. The molecular weight excluding hydrogens is 592 g/mol. The first-order chi connectivity index (χ1) is 21.9. The number of imidazole rings is 1. The van der Waals surface area contributed by atoms with Gasteiger partial charge in [-0.25, -0.2) is 18.7 Å². The number of nitrogens with one attached hydrogen (secondary N) is 3. The van der Waals surface area contributed by atoms with Crippen LogP contribution in [-0.4, -0.2) is 63.1 Å². The van der Waals surface area contributed by atoms with Crippen molar-refractivity contribution in [3.05, 3.63) is 41.6 Å². The van der Waals surface area contributed by atoms with Crippen LogP contribution in [0, 0.1) is 5.41 Å². The summed E-state index contributed by atoms with van der Waals surface area (Å²) < 4.78 is 38.8. The number of methoxy groups -OCH3 is 1. The number of benzene rings is 1. The van der Waals surface area contributed by atoms with Crippen molar-refractivity contribution >= 4 is 33.9 Å². The number of fused-ring (bicyclic) bond motifs is 2. The molecule has 0 spiro atoms. The molecule has 1 fully saturated rings. The molecule has 2 aliphatic rings. The molecule has 2 aliphatic heterocycles. The number of rotatable bonds is 4. The van der Waals surface area contributed by atoms with E-state index in [0.29, 0.717) is 22.6 Å². The third-order valence-corrected chi connectivity index (χ3v) is 9.55. The van der Waals surface area contributed by atoms with Crippen molar-refractivity contribution in [1.29, 1.82) is 0 Å². The van der Waals surface area contributed by atoms with Gasteiger partial charge in [-0.15, -0.1) is 0 Å². The first-order valence-electron chi connectivity index (χ1n) is 16.1. The van der Waals surface area contributed by atoms with Crippen LogP contribution >= 0.6 is 0 Å². The Morgan fingerprint density at radius 1 is 1.09 bits per heavy atom. The fourth-order valence-electron chi connectivity index (χ4n) is 6.61. The van der Waals surface area contributed by atoms with Crippen LogP contribution in [0.25, 0.3) is 33.6 Å². The van der Waals surface area contributed by atoms with E-state index in [0.717, 1.165) is 61.1 Å². The number of nitrogens with zero attached hydrogens (tertiary/aromatic N) is 4. The Labute approximate surface area is 267 Å². The lowest BCUT2D eigenvalue weighted by Crippen LogP contribution is -2.57. The highest BCUT2D eigenvalue weighted by atomic mass is 19.3. The monoisotopic (exact) mass is 635 g/mol. The maximum atomic E-state index is 14.5. The fraction of sp³-hybridized carbons (Fsp3) is 0.529. The zero-order chi connectivity index (χ0) is 32.8. The molecule has 2 atom stereocenters. The average molecular weight is 636 g/mol. The van der Waals surface area contributed by atoms with Crippen LogP contribution in [0.15, 0.2) is 30.3 Å². The SMILES string of the molecule is COc1cc(C(=O)N[C@H]2CNCCC2(F)F)cc2nc(-c3cc4ccc5nc4n3CCCCCCC(C)(C)C(=O)N[C@@H]5C)n(C)c12. The van der Waals surface area contributed by atoms with Gasteiger partial charge < -0.3 is 29.8 Å². The summed E-state index contributed by atoms with van der Waals surface area (Å²) in [6.07, 6.45) is 4.43. The molecule has 3 aromatic heterocycles. The number of aromatic nitrogens is 4. The van der Waals surface area contributed by atoms with Crippen molar-refractivity contribution in [1.82, 2.24) is 35.1 Å². The summed E-state index contributed by atoms with van der Waals surface area (Å²) in [6, 6.07) is 7.67. The first-order valence-corrected chi connectivity index (χ1v) is 16.1. The van der Waals surface area contributed by atoms with Gasteiger partial charge >= 0.3 is 0 Å². The molecular formula is C34H43F2N7O3. The number of hydrogen-bond donors (Lipinski definition) is 3. The van der Waals surface area contributed by atoms with E-state index < -0.39 is 23.3 Å². The number of hydrogen-bond acceptors (Lipinski definition) is 6. The van der Waals surface area contributed by atoms with E-state index in [9.17, 15) is 18.4 Å². The highest BCUT2D eigenvalue weighted by molar-refractivity contribution is 6.00. The van der Waals surface area contributed by atoms with Gasteiger partial charge in [0.05, 0.1) is 30.1 Å². The topological polar surface area (TPSA) is 115 Å². The summed E-state index contributed by atoms with van der Waals surface area (Å²) >= 11 is 0. The molecule has 0 aliphatic carbocycles. The van der Waals surface area contributed by atoms with E-state index in [2.05, 4.69) is 26.6 Å². The van der Waals surface area contributed by atoms with Crippen LogP contribution in [0.1, 0.15) is 81.4 Å². The smallest absolute Gasteiger partial charge is 0.270 e. The molecule has 12 heteroatoms. The van der Waals surface area contributed by atoms with Crippen molar-refractivity contribution in [3.63, 3.8) is 0 Å². The zero-order valence-corrected chi connectivity index (χ0v) is 27.2. The summed E-state index contributed by atoms with van der Waals surface area (Å²) in [5.41, 5.74) is 3.40. The van der Waals surface area contributed by atoms with Gasteiger partial charge in [-0.2, -0.15) is 0 Å². The molecule has 46 heavy (non-hydrogen) atoms. The first kappa shape index (κ1) is 31.9. The molecule has 1 aromatic carbocycles. The number of amides is 2. The number of piperidine rings is 1. The largest absolute Gasteiger partial charge is 0.494 e. The average Bonchev–Trinajstić information content (AvgIpc) is 3.55. The number of carbonyl (C=O) groups is 2. The predicted octanol–water partition coefficient (Wildman–Crippen LogP) is 5.49. The van der Waals surface area contributed by atoms with Crippen LogP contribution in [0.4, 0.5) is 8.78 Å². The quantitative estimate of drug-likeness (QED) is 0.273. The molecule has 1 saturated heterocycles. The zero-order valence-electron chi connectivity index (χ0n) is 27.2. The van der Waals surface area contributed by atoms with Crippen molar-refractivity contribution in [3.8, 4) is 17.3 Å². The van der Waals surface area contributed by atoms with Crippen molar-refractivity contribution in [2.45, 2.75) is 83.8 Å². The lowest BCUT2D eigenvalue weighted by molar-refractivity contribution is -0.130. The van der Waals surface area contributed by atoms with Gasteiger partial charge in [-0.1, -0.05) is 33.1 Å². The highest BCUT2D eigenvalue weighted by Gasteiger charge is 2.42. The predicted molar refractivity (Wildman–Crippen MR) is 173 cm³/mol. The minimum Gasteiger partial charge on any atom is -0.494 e. The number of pyridine rings is 1. The van der Waals surface area contributed by atoms with E-state index in [1.54, 1.807) is 12.1 Å². The second-order valence-corrected chi connectivity index (χ2v) is 13.4. The van der Waals surface area contributed by atoms with Gasteiger partial charge in [0.25, 0.3) is 11.8 Å². The van der Waals surface area contributed by atoms with Crippen LogP contribution in [0.3, 0.4) is 0 Å². The van der Waals surface area contributed by atoms with Crippen LogP contribution in [0.5, 0.6) is 5.75 Å². The second kappa shape index (κ2) is 12.3. The van der Waals surface area contributed by atoms with Gasteiger partial charge in [0.15, 0.2) is 5.82 Å². The van der Waals surface area contributed by atoms with Gasteiger partial charge in [0.2, 0.25) is 5.91 Å². The Balaban J connectivity index is 1.40. The number of aryl methyl sites for hydroxylation is 2. The van der Waals surface area contributed by atoms with Crippen molar-refractivity contribution in [2.75, 3.05) is 20.2 Å². The summed E-state index contributed by atoms with van der Waals surface area (Å²) in [4.78, 5) is 36.3. The number of alkyl halides is 2. The Bertz CT molecular complexity index is 1790. The second-order valence-electron chi connectivity index (χ2n) is 13.4. The molecule has 4 aromatic rings. The van der Waals surface area contributed by atoms with E-state index in [4.69, 9.17) is 14.7 Å². The Hall–Kier alpha value is -4.06. The van der Waals surface area contributed by atoms with Crippen LogP contribution in [-0.2, 0) is 18.4 Å². The minimum atomic E-state index is -2.99. The summed E-state index contributed by atoms with van der Waals surface area (Å²) in [5, 5.41) is 9.56. The third-order valence-electron chi connectivity index (χ3n) is 9.55. The van der Waals surface area contributed by atoms with Gasteiger partial charge in [-0.3, -0.25) is 9.59 Å². The number of halogens is 2. The van der Waals surface area contributed by atoms with Gasteiger partial charge in [0.1, 0.15) is 23.0 Å². The Morgan fingerprint density at radius 3 is 2.63 bits per heavy atom. The molecule has 2 bridgehead atoms. The maximum Gasteiger partial charge on any atom is 0.270 e. The van der Waals surface area contributed by atoms with Gasteiger partial charge in [-0.05, 0) is 50.1 Å². The lowest BCUT2D eigenvalue weighted by atomic mass is 9.85. The number of carbonyl (C=O) groups excluding carboxylic acids is 2. The highest BCUT2D eigenvalue weighted by Crippen LogP contribution is 2.35.